The monoisotopic (exact) mass is 537 g/mol. The van der Waals surface area contributed by atoms with Gasteiger partial charge in [0.2, 0.25) is 0 Å². The molecule has 0 unspecified atom stereocenters. The summed E-state index contributed by atoms with van der Waals surface area (Å²) in [7, 11) is -0.425. The minimum Gasteiger partial charge on any atom is -0.497 e. The van der Waals surface area contributed by atoms with E-state index in [0.717, 1.165) is 17.7 Å². The molecule has 2 aromatic rings. The van der Waals surface area contributed by atoms with Gasteiger partial charge in [-0.3, -0.25) is 4.79 Å². The summed E-state index contributed by atoms with van der Waals surface area (Å²) in [5.41, 5.74) is -0.740. The molecule has 2 atom stereocenters. The van der Waals surface area contributed by atoms with E-state index in [0.29, 0.717) is 5.75 Å². The summed E-state index contributed by atoms with van der Waals surface area (Å²) in [6.45, 7) is 10.4. The highest BCUT2D eigenvalue weighted by Crippen LogP contribution is 2.43. The van der Waals surface area contributed by atoms with E-state index in [2.05, 4.69) is 16.8 Å². The highest BCUT2D eigenvalue weighted by Gasteiger charge is 2.55. The molecule has 37 heavy (non-hydrogen) atoms. The van der Waals surface area contributed by atoms with Gasteiger partial charge in [0.1, 0.15) is 19.6 Å². The first-order valence-corrected chi connectivity index (χ1v) is 15.4. The van der Waals surface area contributed by atoms with Gasteiger partial charge in [0.05, 0.1) is 13.2 Å². The summed E-state index contributed by atoms with van der Waals surface area (Å²) in [5, 5.41) is 13.6. The Bertz CT molecular complexity index is 1160. The fraction of sp³-hybridized carbons (Fsp3) is 0.464. The van der Waals surface area contributed by atoms with Crippen LogP contribution < -0.4 is 10.1 Å². The zero-order valence-corrected chi connectivity index (χ0v) is 23.3. The van der Waals surface area contributed by atoms with Crippen LogP contribution in [0.3, 0.4) is 0 Å². The number of aliphatic hydroxyl groups is 1. The van der Waals surface area contributed by atoms with E-state index in [1.807, 2.05) is 19.6 Å². The third-order valence-corrected chi connectivity index (χ3v) is 6.95. The van der Waals surface area contributed by atoms with Crippen molar-refractivity contribution < 1.29 is 32.2 Å². The zero-order chi connectivity index (χ0) is 28.2. The van der Waals surface area contributed by atoms with Crippen molar-refractivity contribution in [2.24, 2.45) is 0 Å². The lowest BCUT2D eigenvalue weighted by molar-refractivity contribution is -0.264. The Balaban J connectivity index is 2.40. The standard InChI is InChI=1S/C28H35F4NO3Si/c1-19(20-9-12-22(36-4)13-10-20)33-25(34)23-17-21(29)11-14-24(23)26(2,3)18-27(35,28(30,31)32)15-8-16-37(5,6)7/h9-14,17,19,35H,15,18H2,1-7H3,(H,33,34)/t19-,27-/m0/s1. The fourth-order valence-corrected chi connectivity index (χ4v) is 4.71. The van der Waals surface area contributed by atoms with Crippen molar-refractivity contribution in [3.8, 4) is 17.2 Å². The van der Waals surface area contributed by atoms with Crippen molar-refractivity contribution in [2.45, 2.75) is 76.5 Å². The molecule has 0 spiro atoms. The van der Waals surface area contributed by atoms with E-state index in [4.69, 9.17) is 4.74 Å². The van der Waals surface area contributed by atoms with E-state index in [1.54, 1.807) is 31.2 Å². The SMILES string of the molecule is COc1ccc([C@H](C)NC(=O)c2cc(F)ccc2C(C)(C)C[C@@](O)(CC#C[Si](C)(C)C)C(F)(F)F)cc1. The van der Waals surface area contributed by atoms with E-state index in [1.165, 1.54) is 27.0 Å². The van der Waals surface area contributed by atoms with Gasteiger partial charge in [0.25, 0.3) is 5.91 Å². The van der Waals surface area contributed by atoms with Crippen LogP contribution in [0, 0.1) is 17.3 Å². The van der Waals surface area contributed by atoms with Crippen molar-refractivity contribution in [2.75, 3.05) is 7.11 Å². The van der Waals surface area contributed by atoms with Crippen LogP contribution in [0.5, 0.6) is 5.75 Å². The molecule has 4 nitrogen and oxygen atoms in total. The topological polar surface area (TPSA) is 58.6 Å². The first-order valence-electron chi connectivity index (χ1n) is 11.9. The molecule has 2 aromatic carbocycles. The average Bonchev–Trinajstić information content (AvgIpc) is 2.76. The second-order valence-corrected chi connectivity index (χ2v) is 15.7. The normalized spacial score (nSPS) is 14.7. The van der Waals surface area contributed by atoms with Gasteiger partial charge in [-0.15, -0.1) is 11.5 Å². The highest BCUT2D eigenvalue weighted by atomic mass is 28.3. The molecule has 2 N–H and O–H groups in total. The lowest BCUT2D eigenvalue weighted by Gasteiger charge is -2.37. The third-order valence-electron chi connectivity index (χ3n) is 6.03. The second kappa shape index (κ2) is 11.3. The van der Waals surface area contributed by atoms with Crippen LogP contribution in [-0.2, 0) is 5.41 Å². The lowest BCUT2D eigenvalue weighted by Crippen LogP contribution is -2.49. The van der Waals surface area contributed by atoms with Gasteiger partial charge in [0, 0.05) is 12.0 Å². The van der Waals surface area contributed by atoms with Crippen LogP contribution in [-0.4, -0.2) is 38.0 Å². The number of carbonyl (C=O) groups excluding carboxylic acids is 1. The molecule has 0 saturated heterocycles. The smallest absolute Gasteiger partial charge is 0.418 e. The maximum atomic E-state index is 14.2. The van der Waals surface area contributed by atoms with E-state index in [9.17, 15) is 27.5 Å². The molecule has 0 heterocycles. The van der Waals surface area contributed by atoms with Gasteiger partial charge >= 0.3 is 6.18 Å². The molecular formula is C28H35F4NO3Si. The minimum atomic E-state index is -4.95. The summed E-state index contributed by atoms with van der Waals surface area (Å²) in [5.74, 6) is 1.84. The molecule has 2 rings (SSSR count). The lowest BCUT2D eigenvalue weighted by atomic mass is 9.72. The Morgan fingerprint density at radius 2 is 1.70 bits per heavy atom. The summed E-state index contributed by atoms with van der Waals surface area (Å²) in [6.07, 6.45) is -6.50. The van der Waals surface area contributed by atoms with Gasteiger partial charge in [-0.25, -0.2) is 4.39 Å². The molecule has 1 amide bonds. The molecule has 0 aliphatic heterocycles. The van der Waals surface area contributed by atoms with Crippen LogP contribution in [0.25, 0.3) is 0 Å². The maximum Gasteiger partial charge on any atom is 0.418 e. The van der Waals surface area contributed by atoms with Crippen molar-refractivity contribution in [3.63, 3.8) is 0 Å². The highest BCUT2D eigenvalue weighted by molar-refractivity contribution is 6.83. The number of methoxy groups -OCH3 is 1. The summed E-state index contributed by atoms with van der Waals surface area (Å²) < 4.78 is 61.5. The molecule has 0 radical (unpaired) electrons. The van der Waals surface area contributed by atoms with Crippen molar-refractivity contribution in [1.29, 1.82) is 0 Å². The van der Waals surface area contributed by atoms with Crippen LogP contribution in [0.4, 0.5) is 17.6 Å². The minimum absolute atomic E-state index is 0.0944. The summed E-state index contributed by atoms with van der Waals surface area (Å²) in [6, 6.07) is 9.93. The van der Waals surface area contributed by atoms with Gasteiger partial charge < -0.3 is 15.2 Å². The Labute approximate surface area is 217 Å². The Hall–Kier alpha value is -2.83. The number of rotatable bonds is 8. The summed E-state index contributed by atoms with van der Waals surface area (Å²) in [4.78, 5) is 13.2. The Morgan fingerprint density at radius 3 is 2.22 bits per heavy atom. The maximum absolute atomic E-state index is 14.2. The molecule has 202 valence electrons. The van der Waals surface area contributed by atoms with Gasteiger partial charge in [-0.1, -0.05) is 51.7 Å². The van der Waals surface area contributed by atoms with E-state index >= 15 is 0 Å². The summed E-state index contributed by atoms with van der Waals surface area (Å²) >= 11 is 0. The number of alkyl halides is 3. The molecule has 0 fully saturated rings. The molecule has 0 aromatic heterocycles. The number of carbonyl (C=O) groups is 1. The van der Waals surface area contributed by atoms with Crippen LogP contribution in [0.2, 0.25) is 19.6 Å². The molecule has 0 saturated carbocycles. The van der Waals surface area contributed by atoms with E-state index < -0.39 is 55.9 Å². The molecule has 0 aliphatic carbocycles. The van der Waals surface area contributed by atoms with Gasteiger partial charge in [-0.2, -0.15) is 13.2 Å². The first kappa shape index (κ1) is 30.4. The van der Waals surface area contributed by atoms with Crippen molar-refractivity contribution >= 4 is 14.0 Å². The van der Waals surface area contributed by atoms with E-state index in [-0.39, 0.29) is 11.1 Å². The number of ether oxygens (including phenoxy) is 1. The van der Waals surface area contributed by atoms with Crippen LogP contribution in [0.15, 0.2) is 42.5 Å². The first-order chi connectivity index (χ1) is 16.9. The predicted octanol–water partition coefficient (Wildman–Crippen LogP) is 6.56. The molecular weight excluding hydrogens is 502 g/mol. The Kier molecular flexibility index (Phi) is 9.26. The average molecular weight is 538 g/mol. The third kappa shape index (κ3) is 8.07. The van der Waals surface area contributed by atoms with Crippen molar-refractivity contribution in [3.05, 3.63) is 65.0 Å². The molecule has 0 bridgehead atoms. The number of nitrogens with one attached hydrogen (secondary N) is 1. The van der Waals surface area contributed by atoms with Gasteiger partial charge in [0.15, 0.2) is 5.60 Å². The largest absolute Gasteiger partial charge is 0.497 e. The second-order valence-electron chi connectivity index (χ2n) is 11.0. The number of hydrogen-bond donors (Lipinski definition) is 2. The van der Waals surface area contributed by atoms with Crippen LogP contribution >= 0.6 is 0 Å². The Morgan fingerprint density at radius 1 is 1.11 bits per heavy atom. The predicted molar refractivity (Wildman–Crippen MR) is 140 cm³/mol. The number of halogens is 4. The number of amides is 1. The number of hydrogen-bond acceptors (Lipinski definition) is 3. The molecule has 9 heteroatoms. The zero-order valence-electron chi connectivity index (χ0n) is 22.3. The fourth-order valence-electron chi connectivity index (χ4n) is 4.09. The number of benzene rings is 2. The van der Waals surface area contributed by atoms with Crippen molar-refractivity contribution in [1.82, 2.24) is 5.32 Å². The molecule has 0 aliphatic rings. The van der Waals surface area contributed by atoms with Gasteiger partial charge in [-0.05, 0) is 54.2 Å². The quantitative estimate of drug-likeness (QED) is 0.228. The van der Waals surface area contributed by atoms with Crippen LogP contribution in [0.1, 0.15) is 61.1 Å².